The van der Waals surface area contributed by atoms with E-state index in [4.69, 9.17) is 19.4 Å². The summed E-state index contributed by atoms with van der Waals surface area (Å²) < 4.78 is 52.9. The minimum absolute atomic E-state index is 0.00165. The van der Waals surface area contributed by atoms with E-state index in [0.29, 0.717) is 35.8 Å². The van der Waals surface area contributed by atoms with Gasteiger partial charge in [0, 0.05) is 31.4 Å². The number of hydrogen-bond donors (Lipinski definition) is 1. The second-order valence-electron chi connectivity index (χ2n) is 9.61. The van der Waals surface area contributed by atoms with Gasteiger partial charge in [0.15, 0.2) is 5.65 Å². The summed E-state index contributed by atoms with van der Waals surface area (Å²) in [4.78, 5) is 24.4. The van der Waals surface area contributed by atoms with Gasteiger partial charge in [-0.25, -0.2) is 0 Å². The lowest BCUT2D eigenvalue weighted by Crippen LogP contribution is -2.46. The monoisotopic (exact) mass is 540 g/mol. The Morgan fingerprint density at radius 1 is 1.10 bits per heavy atom. The SMILES string of the molecule is Cc1ccc(C(=O)Nc2cccc(C(F)(F)F)c2)cc1Oc1nc(N2CC(C)OC(C)C2)nc2c1cnn2C. The van der Waals surface area contributed by atoms with Crippen molar-refractivity contribution in [2.24, 2.45) is 7.05 Å². The van der Waals surface area contributed by atoms with Crippen molar-refractivity contribution in [2.75, 3.05) is 23.3 Å². The summed E-state index contributed by atoms with van der Waals surface area (Å²) in [6.45, 7) is 7.01. The van der Waals surface area contributed by atoms with Gasteiger partial charge in [-0.1, -0.05) is 12.1 Å². The summed E-state index contributed by atoms with van der Waals surface area (Å²) >= 11 is 0. The number of morpholine rings is 1. The lowest BCUT2D eigenvalue weighted by Gasteiger charge is -2.35. The molecule has 0 aliphatic carbocycles. The molecule has 9 nitrogen and oxygen atoms in total. The maximum atomic E-state index is 13.1. The number of ether oxygens (including phenoxy) is 2. The van der Waals surface area contributed by atoms with Crippen LogP contribution in [0.4, 0.5) is 24.8 Å². The maximum absolute atomic E-state index is 13.1. The van der Waals surface area contributed by atoms with Crippen LogP contribution < -0.4 is 15.0 Å². The highest BCUT2D eigenvalue weighted by molar-refractivity contribution is 6.04. The first-order chi connectivity index (χ1) is 18.5. The fourth-order valence-electron chi connectivity index (χ4n) is 4.48. The minimum Gasteiger partial charge on any atom is -0.438 e. The smallest absolute Gasteiger partial charge is 0.416 e. The normalized spacial score (nSPS) is 17.9. The number of hydrogen-bond acceptors (Lipinski definition) is 7. The highest BCUT2D eigenvalue weighted by Gasteiger charge is 2.30. The molecule has 204 valence electrons. The Morgan fingerprint density at radius 3 is 2.56 bits per heavy atom. The third-order valence-electron chi connectivity index (χ3n) is 6.35. The molecular formula is C27H27F3N6O3. The summed E-state index contributed by atoms with van der Waals surface area (Å²) in [5, 5.41) is 7.41. The molecule has 2 unspecified atom stereocenters. The summed E-state index contributed by atoms with van der Waals surface area (Å²) in [5.41, 5.74) is 0.705. The van der Waals surface area contributed by atoms with Crippen molar-refractivity contribution in [3.63, 3.8) is 0 Å². The van der Waals surface area contributed by atoms with Crippen LogP contribution in [0.15, 0.2) is 48.7 Å². The van der Waals surface area contributed by atoms with Gasteiger partial charge in [0.1, 0.15) is 11.1 Å². The Labute approximate surface area is 222 Å². The first-order valence-corrected chi connectivity index (χ1v) is 12.3. The van der Waals surface area contributed by atoms with E-state index in [9.17, 15) is 18.0 Å². The van der Waals surface area contributed by atoms with Crippen molar-refractivity contribution in [3.05, 3.63) is 65.4 Å². The quantitative estimate of drug-likeness (QED) is 0.365. The molecule has 1 fully saturated rings. The summed E-state index contributed by atoms with van der Waals surface area (Å²) in [6.07, 6.45) is -2.91. The number of halogens is 3. The molecule has 1 N–H and O–H groups in total. The molecule has 4 aromatic rings. The molecule has 1 aliphatic rings. The molecule has 1 saturated heterocycles. The van der Waals surface area contributed by atoms with Crippen LogP contribution in [-0.2, 0) is 18.0 Å². The number of anilines is 2. The molecular weight excluding hydrogens is 513 g/mol. The fourth-order valence-corrected chi connectivity index (χ4v) is 4.48. The standard InChI is InChI=1S/C27H27F3N6O3/c1-15-8-9-18(24(37)32-20-7-5-6-19(11-20)27(28,29)30)10-22(15)39-25-21-12-31-35(4)23(21)33-26(34-25)36-13-16(2)38-17(3)14-36/h5-12,16-17H,13-14H2,1-4H3,(H,32,37). The van der Waals surface area contributed by atoms with Gasteiger partial charge < -0.3 is 19.7 Å². The van der Waals surface area contributed by atoms with E-state index in [1.54, 1.807) is 30.1 Å². The van der Waals surface area contributed by atoms with Crippen LogP contribution in [0.1, 0.15) is 35.3 Å². The molecule has 0 saturated carbocycles. The molecule has 0 spiro atoms. The van der Waals surface area contributed by atoms with Gasteiger partial charge in [-0.15, -0.1) is 0 Å². The van der Waals surface area contributed by atoms with E-state index >= 15 is 0 Å². The van der Waals surface area contributed by atoms with Crippen LogP contribution in [-0.4, -0.2) is 51.0 Å². The average molecular weight is 541 g/mol. The lowest BCUT2D eigenvalue weighted by atomic mass is 10.1. The van der Waals surface area contributed by atoms with Crippen LogP contribution in [0.2, 0.25) is 0 Å². The molecule has 2 atom stereocenters. The van der Waals surface area contributed by atoms with Crippen LogP contribution in [0.5, 0.6) is 11.6 Å². The first kappa shape index (κ1) is 26.4. The highest BCUT2D eigenvalue weighted by atomic mass is 19.4. The van der Waals surface area contributed by atoms with Crippen molar-refractivity contribution in [1.29, 1.82) is 0 Å². The van der Waals surface area contributed by atoms with E-state index in [2.05, 4.69) is 10.4 Å². The number of carbonyl (C=O) groups is 1. The van der Waals surface area contributed by atoms with Crippen LogP contribution in [0.3, 0.4) is 0 Å². The molecule has 39 heavy (non-hydrogen) atoms. The lowest BCUT2D eigenvalue weighted by molar-refractivity contribution is -0.137. The zero-order valence-electron chi connectivity index (χ0n) is 21.8. The number of aromatic nitrogens is 4. The van der Waals surface area contributed by atoms with E-state index in [1.807, 2.05) is 25.7 Å². The molecule has 3 heterocycles. The minimum atomic E-state index is -4.52. The number of fused-ring (bicyclic) bond motifs is 1. The van der Waals surface area contributed by atoms with Gasteiger partial charge in [0.05, 0.1) is 24.0 Å². The van der Waals surface area contributed by atoms with E-state index in [-0.39, 0.29) is 29.3 Å². The van der Waals surface area contributed by atoms with Crippen LogP contribution in [0.25, 0.3) is 11.0 Å². The van der Waals surface area contributed by atoms with Gasteiger partial charge in [0.2, 0.25) is 11.8 Å². The number of carbonyl (C=O) groups excluding carboxylic acids is 1. The Bertz CT molecular complexity index is 1530. The predicted molar refractivity (Wildman–Crippen MR) is 139 cm³/mol. The van der Waals surface area contributed by atoms with E-state index in [1.165, 1.54) is 18.2 Å². The van der Waals surface area contributed by atoms with Gasteiger partial charge >= 0.3 is 6.18 Å². The van der Waals surface area contributed by atoms with Crippen LogP contribution >= 0.6 is 0 Å². The summed E-state index contributed by atoms with van der Waals surface area (Å²) in [7, 11) is 1.78. The Morgan fingerprint density at radius 2 is 1.85 bits per heavy atom. The van der Waals surface area contributed by atoms with Gasteiger partial charge in [-0.05, 0) is 56.7 Å². The number of nitrogens with one attached hydrogen (secondary N) is 1. The van der Waals surface area contributed by atoms with E-state index < -0.39 is 17.6 Å². The summed E-state index contributed by atoms with van der Waals surface area (Å²) in [6, 6.07) is 9.27. The number of alkyl halides is 3. The second kappa shape index (κ2) is 10.2. The van der Waals surface area contributed by atoms with Gasteiger partial charge in [-0.2, -0.15) is 28.2 Å². The van der Waals surface area contributed by atoms with Gasteiger partial charge in [0.25, 0.3) is 5.91 Å². The van der Waals surface area contributed by atoms with Crippen molar-refractivity contribution in [3.8, 4) is 11.6 Å². The number of aryl methyl sites for hydroxylation is 2. The molecule has 0 radical (unpaired) electrons. The Hall–Kier alpha value is -4.19. The van der Waals surface area contributed by atoms with Gasteiger partial charge in [-0.3, -0.25) is 9.48 Å². The van der Waals surface area contributed by atoms with Crippen LogP contribution in [0, 0.1) is 6.92 Å². The zero-order chi connectivity index (χ0) is 27.9. The maximum Gasteiger partial charge on any atom is 0.416 e. The largest absolute Gasteiger partial charge is 0.438 e. The number of nitrogens with zero attached hydrogens (tertiary/aromatic N) is 5. The fraction of sp³-hybridized carbons (Fsp3) is 0.333. The van der Waals surface area contributed by atoms with Crippen molar-refractivity contribution < 1.29 is 27.4 Å². The number of amides is 1. The number of benzene rings is 2. The Balaban J connectivity index is 1.45. The third kappa shape index (κ3) is 5.65. The van der Waals surface area contributed by atoms with E-state index in [0.717, 1.165) is 17.7 Å². The number of rotatable bonds is 5. The first-order valence-electron chi connectivity index (χ1n) is 12.3. The topological polar surface area (TPSA) is 94.4 Å². The molecule has 2 aromatic carbocycles. The predicted octanol–water partition coefficient (Wildman–Crippen LogP) is 5.35. The average Bonchev–Trinajstić information content (AvgIpc) is 3.25. The van der Waals surface area contributed by atoms with Crippen molar-refractivity contribution in [1.82, 2.24) is 19.7 Å². The molecule has 5 rings (SSSR count). The molecule has 2 aromatic heterocycles. The van der Waals surface area contributed by atoms with Crippen molar-refractivity contribution >= 4 is 28.6 Å². The summed E-state index contributed by atoms with van der Waals surface area (Å²) in [5.74, 6) is 0.531. The molecule has 12 heteroatoms. The Kier molecular flexibility index (Phi) is 6.89. The highest BCUT2D eigenvalue weighted by Crippen LogP contribution is 2.33. The molecule has 1 amide bonds. The zero-order valence-corrected chi connectivity index (χ0v) is 21.8. The third-order valence-corrected chi connectivity index (χ3v) is 6.35. The van der Waals surface area contributed by atoms with Crippen molar-refractivity contribution in [2.45, 2.75) is 39.2 Å². The molecule has 0 bridgehead atoms. The second-order valence-corrected chi connectivity index (χ2v) is 9.61. The molecule has 1 aliphatic heterocycles.